The van der Waals surface area contributed by atoms with Crippen LogP contribution < -0.4 is 0 Å². The molecule has 2 fully saturated rings. The first-order valence-corrected chi connectivity index (χ1v) is 8.75. The minimum absolute atomic E-state index is 0.997. The van der Waals surface area contributed by atoms with Crippen LogP contribution in [-0.4, -0.2) is 0 Å². The molecule has 0 heterocycles. The molecular formula is C18H34. The molecule has 0 heteroatoms. The van der Waals surface area contributed by atoms with Crippen molar-refractivity contribution in [3.8, 4) is 0 Å². The average Bonchev–Trinajstić information content (AvgIpc) is 2.38. The van der Waals surface area contributed by atoms with E-state index >= 15 is 0 Å². The SMILES string of the molecule is CC1CCCCC(C2CCC(C)CC2)CCCC1. The van der Waals surface area contributed by atoms with Crippen molar-refractivity contribution in [2.75, 3.05) is 0 Å². The van der Waals surface area contributed by atoms with E-state index in [4.69, 9.17) is 0 Å². The van der Waals surface area contributed by atoms with E-state index in [1.807, 2.05) is 0 Å². The van der Waals surface area contributed by atoms with Gasteiger partial charge in [-0.2, -0.15) is 0 Å². The van der Waals surface area contributed by atoms with Gasteiger partial charge in [0.2, 0.25) is 0 Å². The fraction of sp³-hybridized carbons (Fsp3) is 1.00. The molecule has 0 aliphatic heterocycles. The standard InChI is InChI=1S/C18H34/c1-15-7-3-5-9-17(10-6-4-8-15)18-13-11-16(2)12-14-18/h15-18H,3-14H2,1-2H3. The van der Waals surface area contributed by atoms with Crippen LogP contribution in [0.2, 0.25) is 0 Å². The van der Waals surface area contributed by atoms with Gasteiger partial charge in [-0.05, 0) is 36.5 Å². The van der Waals surface area contributed by atoms with Gasteiger partial charge in [-0.25, -0.2) is 0 Å². The van der Waals surface area contributed by atoms with E-state index in [0.717, 1.165) is 23.7 Å². The summed E-state index contributed by atoms with van der Waals surface area (Å²) in [5, 5.41) is 0. The third-order valence-corrected chi connectivity index (χ3v) is 5.77. The second-order valence-corrected chi connectivity index (χ2v) is 7.45. The van der Waals surface area contributed by atoms with Crippen molar-refractivity contribution in [3.63, 3.8) is 0 Å². The molecule has 0 atom stereocenters. The predicted octanol–water partition coefficient (Wildman–Crippen LogP) is 6.20. The molecule has 0 nitrogen and oxygen atoms in total. The normalized spacial score (nSPS) is 40.3. The van der Waals surface area contributed by atoms with Gasteiger partial charge in [-0.3, -0.25) is 0 Å². The van der Waals surface area contributed by atoms with E-state index in [2.05, 4.69) is 13.8 Å². The van der Waals surface area contributed by atoms with Gasteiger partial charge in [0.25, 0.3) is 0 Å². The molecular weight excluding hydrogens is 216 g/mol. The fourth-order valence-corrected chi connectivity index (χ4v) is 4.32. The lowest BCUT2D eigenvalue weighted by molar-refractivity contribution is 0.183. The third kappa shape index (κ3) is 4.59. The number of rotatable bonds is 1. The van der Waals surface area contributed by atoms with Crippen molar-refractivity contribution in [3.05, 3.63) is 0 Å². The summed E-state index contributed by atoms with van der Waals surface area (Å²) in [5.41, 5.74) is 0. The first kappa shape index (κ1) is 14.4. The van der Waals surface area contributed by atoms with Gasteiger partial charge in [0, 0.05) is 0 Å². The van der Waals surface area contributed by atoms with E-state index in [-0.39, 0.29) is 0 Å². The Balaban J connectivity index is 1.79. The largest absolute Gasteiger partial charge is 0.0625 e. The van der Waals surface area contributed by atoms with Crippen molar-refractivity contribution in [1.29, 1.82) is 0 Å². The molecule has 0 saturated heterocycles. The van der Waals surface area contributed by atoms with E-state index < -0.39 is 0 Å². The number of hydrogen-bond donors (Lipinski definition) is 0. The van der Waals surface area contributed by atoms with Gasteiger partial charge in [0.05, 0.1) is 0 Å². The Morgan fingerprint density at radius 2 is 0.833 bits per heavy atom. The maximum absolute atomic E-state index is 2.46. The summed E-state index contributed by atoms with van der Waals surface area (Å²) in [7, 11) is 0. The van der Waals surface area contributed by atoms with Crippen LogP contribution in [-0.2, 0) is 0 Å². The molecule has 0 spiro atoms. The smallest absolute Gasteiger partial charge is 0.0386 e. The molecule has 0 aromatic rings. The lowest BCUT2D eigenvalue weighted by Crippen LogP contribution is -2.21. The van der Waals surface area contributed by atoms with Crippen LogP contribution in [0.25, 0.3) is 0 Å². The number of hydrogen-bond acceptors (Lipinski definition) is 0. The third-order valence-electron chi connectivity index (χ3n) is 5.77. The van der Waals surface area contributed by atoms with E-state index in [1.165, 1.54) is 51.4 Å². The van der Waals surface area contributed by atoms with Crippen LogP contribution in [0.15, 0.2) is 0 Å². The summed E-state index contributed by atoms with van der Waals surface area (Å²) in [4.78, 5) is 0. The quantitative estimate of drug-likeness (QED) is 0.520. The zero-order valence-corrected chi connectivity index (χ0v) is 12.8. The zero-order valence-electron chi connectivity index (χ0n) is 12.8. The maximum atomic E-state index is 2.46. The van der Waals surface area contributed by atoms with Crippen molar-refractivity contribution >= 4 is 0 Å². The highest BCUT2D eigenvalue weighted by atomic mass is 14.3. The van der Waals surface area contributed by atoms with Crippen LogP contribution in [0, 0.1) is 23.7 Å². The highest BCUT2D eigenvalue weighted by Crippen LogP contribution is 2.38. The molecule has 2 saturated carbocycles. The fourth-order valence-electron chi connectivity index (χ4n) is 4.32. The summed E-state index contributed by atoms with van der Waals surface area (Å²) >= 11 is 0. The van der Waals surface area contributed by atoms with Gasteiger partial charge in [0.1, 0.15) is 0 Å². The first-order valence-electron chi connectivity index (χ1n) is 8.75. The van der Waals surface area contributed by atoms with Gasteiger partial charge in [0.15, 0.2) is 0 Å². The molecule has 0 aromatic carbocycles. The summed E-state index contributed by atoms with van der Waals surface area (Å²) in [6.45, 7) is 4.91. The van der Waals surface area contributed by atoms with Gasteiger partial charge in [-0.1, -0.05) is 78.1 Å². The maximum Gasteiger partial charge on any atom is -0.0386 e. The predicted molar refractivity (Wildman–Crippen MR) is 80.7 cm³/mol. The monoisotopic (exact) mass is 250 g/mol. The lowest BCUT2D eigenvalue weighted by Gasteiger charge is -2.33. The van der Waals surface area contributed by atoms with E-state index in [0.29, 0.717) is 0 Å². The van der Waals surface area contributed by atoms with Gasteiger partial charge < -0.3 is 0 Å². The molecule has 2 rings (SSSR count). The van der Waals surface area contributed by atoms with Crippen molar-refractivity contribution in [2.45, 2.75) is 90.9 Å². The van der Waals surface area contributed by atoms with Gasteiger partial charge in [-0.15, -0.1) is 0 Å². The van der Waals surface area contributed by atoms with Crippen molar-refractivity contribution in [2.24, 2.45) is 23.7 Å². The Kier molecular flexibility index (Phi) is 6.05. The Labute approximate surface area is 115 Å². The minimum Gasteiger partial charge on any atom is -0.0625 e. The van der Waals surface area contributed by atoms with Crippen LogP contribution in [0.5, 0.6) is 0 Å². The average molecular weight is 250 g/mol. The highest BCUT2D eigenvalue weighted by molar-refractivity contribution is 4.77. The molecule has 0 bridgehead atoms. The zero-order chi connectivity index (χ0) is 12.8. The minimum atomic E-state index is 0.997. The lowest BCUT2D eigenvalue weighted by atomic mass is 9.72. The van der Waals surface area contributed by atoms with Crippen LogP contribution in [0.4, 0.5) is 0 Å². The van der Waals surface area contributed by atoms with Gasteiger partial charge >= 0.3 is 0 Å². The summed E-state index contributed by atoms with van der Waals surface area (Å²) < 4.78 is 0. The first-order chi connectivity index (χ1) is 8.75. The van der Waals surface area contributed by atoms with Crippen LogP contribution in [0.3, 0.4) is 0 Å². The Morgan fingerprint density at radius 1 is 0.444 bits per heavy atom. The van der Waals surface area contributed by atoms with E-state index in [1.54, 1.807) is 25.7 Å². The second-order valence-electron chi connectivity index (χ2n) is 7.45. The summed E-state index contributed by atoms with van der Waals surface area (Å²) in [6.07, 6.45) is 18.2. The second kappa shape index (κ2) is 7.56. The van der Waals surface area contributed by atoms with E-state index in [9.17, 15) is 0 Å². The molecule has 106 valence electrons. The Morgan fingerprint density at radius 3 is 1.39 bits per heavy atom. The topological polar surface area (TPSA) is 0 Å². The molecule has 0 radical (unpaired) electrons. The highest BCUT2D eigenvalue weighted by Gasteiger charge is 2.25. The molecule has 2 aliphatic rings. The molecule has 0 N–H and O–H groups in total. The van der Waals surface area contributed by atoms with Crippen LogP contribution in [0.1, 0.15) is 90.9 Å². The van der Waals surface area contributed by atoms with Crippen molar-refractivity contribution in [1.82, 2.24) is 0 Å². The molecule has 0 unspecified atom stereocenters. The Bertz CT molecular complexity index is 200. The summed E-state index contributed by atoms with van der Waals surface area (Å²) in [6, 6.07) is 0. The molecule has 0 amide bonds. The molecule has 18 heavy (non-hydrogen) atoms. The molecule has 2 aliphatic carbocycles. The van der Waals surface area contributed by atoms with Crippen molar-refractivity contribution < 1.29 is 0 Å². The van der Waals surface area contributed by atoms with Crippen LogP contribution >= 0.6 is 0 Å². The Hall–Kier alpha value is 0. The molecule has 0 aromatic heterocycles. The summed E-state index contributed by atoms with van der Waals surface area (Å²) in [5.74, 6) is 4.20.